The van der Waals surface area contributed by atoms with Crippen molar-refractivity contribution >= 4 is 29.1 Å². The molecule has 2 aromatic rings. The van der Waals surface area contributed by atoms with E-state index in [4.69, 9.17) is 5.84 Å². The summed E-state index contributed by atoms with van der Waals surface area (Å²) < 4.78 is 0. The Balaban J connectivity index is 2.35. The van der Waals surface area contributed by atoms with E-state index in [1.54, 1.807) is 17.8 Å². The van der Waals surface area contributed by atoms with Gasteiger partial charge in [-0.15, -0.1) is 11.8 Å². The first-order valence-corrected chi connectivity index (χ1v) is 7.62. The molecule has 0 fully saturated rings. The summed E-state index contributed by atoms with van der Waals surface area (Å²) in [6, 6.07) is 9.90. The number of nitrogen functional groups attached to an aromatic ring is 1. The maximum Gasteiger partial charge on any atom is 0.145 e. The molecule has 0 unspecified atom stereocenters. The number of thioether (sulfide) groups is 1. The highest BCUT2D eigenvalue weighted by Gasteiger charge is 2.09. The van der Waals surface area contributed by atoms with Gasteiger partial charge in [-0.05, 0) is 18.4 Å². The third-order valence-corrected chi connectivity index (χ3v) is 3.57. The van der Waals surface area contributed by atoms with Gasteiger partial charge in [-0.3, -0.25) is 0 Å². The summed E-state index contributed by atoms with van der Waals surface area (Å²) in [6.07, 6.45) is 2.05. The fraction of sp³-hybridized carbons (Fsp3) is 0.286. The highest BCUT2D eigenvalue weighted by molar-refractivity contribution is 7.98. The van der Waals surface area contributed by atoms with Crippen LogP contribution in [0.4, 0.5) is 17.3 Å². The molecule has 2 rings (SSSR count). The maximum atomic E-state index is 5.47. The first kappa shape index (κ1) is 14.6. The van der Waals surface area contributed by atoms with E-state index in [1.165, 1.54) is 4.90 Å². The topological polar surface area (TPSA) is 75.9 Å². The van der Waals surface area contributed by atoms with Crippen molar-refractivity contribution in [1.29, 1.82) is 0 Å². The van der Waals surface area contributed by atoms with Gasteiger partial charge in [0.1, 0.15) is 17.5 Å². The van der Waals surface area contributed by atoms with Crippen LogP contribution in [-0.2, 0) is 0 Å². The summed E-state index contributed by atoms with van der Waals surface area (Å²) in [4.78, 5) is 10.0. The van der Waals surface area contributed by atoms with Gasteiger partial charge in [0, 0.05) is 16.9 Å². The first-order valence-electron chi connectivity index (χ1n) is 6.39. The normalized spacial score (nSPS) is 10.7. The summed E-state index contributed by atoms with van der Waals surface area (Å²) in [6.45, 7) is 4.10. The molecule has 0 bridgehead atoms. The summed E-state index contributed by atoms with van der Waals surface area (Å²) in [7, 11) is 0. The van der Waals surface area contributed by atoms with Gasteiger partial charge in [0.2, 0.25) is 0 Å². The second kappa shape index (κ2) is 6.58. The largest absolute Gasteiger partial charge is 0.339 e. The Morgan fingerprint density at radius 3 is 2.50 bits per heavy atom. The highest BCUT2D eigenvalue weighted by atomic mass is 32.2. The van der Waals surface area contributed by atoms with E-state index in [0.717, 1.165) is 17.3 Å². The number of para-hydroxylation sites is 1. The van der Waals surface area contributed by atoms with Gasteiger partial charge < -0.3 is 10.7 Å². The molecule has 1 heterocycles. The van der Waals surface area contributed by atoms with Crippen LogP contribution in [0.2, 0.25) is 0 Å². The zero-order chi connectivity index (χ0) is 14.5. The lowest BCUT2D eigenvalue weighted by Crippen LogP contribution is -2.12. The number of hydrogen-bond acceptors (Lipinski definition) is 6. The van der Waals surface area contributed by atoms with Gasteiger partial charge in [0.15, 0.2) is 0 Å². The molecular formula is C14H19N5S. The predicted octanol–water partition coefficient (Wildman–Crippen LogP) is 3.35. The molecule has 0 saturated heterocycles. The lowest BCUT2D eigenvalue weighted by molar-refractivity contribution is 0.777. The van der Waals surface area contributed by atoms with E-state index in [9.17, 15) is 0 Å². The highest BCUT2D eigenvalue weighted by Crippen LogP contribution is 2.28. The van der Waals surface area contributed by atoms with Gasteiger partial charge in [0.05, 0.1) is 5.69 Å². The Bertz CT molecular complexity index is 586. The van der Waals surface area contributed by atoms with Crippen LogP contribution in [0, 0.1) is 0 Å². The molecule has 6 heteroatoms. The van der Waals surface area contributed by atoms with Crippen molar-refractivity contribution < 1.29 is 0 Å². The van der Waals surface area contributed by atoms with E-state index in [2.05, 4.69) is 40.6 Å². The minimum Gasteiger partial charge on any atom is -0.339 e. The van der Waals surface area contributed by atoms with Gasteiger partial charge >= 0.3 is 0 Å². The van der Waals surface area contributed by atoms with E-state index >= 15 is 0 Å². The fourth-order valence-corrected chi connectivity index (χ4v) is 2.30. The smallest absolute Gasteiger partial charge is 0.145 e. The lowest BCUT2D eigenvalue weighted by atomic mass is 10.2. The average Bonchev–Trinajstić information content (AvgIpc) is 2.47. The quantitative estimate of drug-likeness (QED) is 0.445. The van der Waals surface area contributed by atoms with Crippen LogP contribution in [0.3, 0.4) is 0 Å². The van der Waals surface area contributed by atoms with Gasteiger partial charge in [-0.2, -0.15) is 0 Å². The Kier molecular flexibility index (Phi) is 4.81. The van der Waals surface area contributed by atoms with Crippen LogP contribution in [0.5, 0.6) is 0 Å². The van der Waals surface area contributed by atoms with Crippen molar-refractivity contribution in [1.82, 2.24) is 9.97 Å². The summed E-state index contributed by atoms with van der Waals surface area (Å²) in [5, 5.41) is 3.33. The second-order valence-electron chi connectivity index (χ2n) is 4.62. The monoisotopic (exact) mass is 289 g/mol. The summed E-state index contributed by atoms with van der Waals surface area (Å²) >= 11 is 1.69. The van der Waals surface area contributed by atoms with Crippen molar-refractivity contribution in [2.24, 2.45) is 5.84 Å². The van der Waals surface area contributed by atoms with Crippen molar-refractivity contribution in [2.75, 3.05) is 17.0 Å². The molecule has 4 N–H and O–H groups in total. The first-order chi connectivity index (χ1) is 9.63. The lowest BCUT2D eigenvalue weighted by Gasteiger charge is -2.13. The van der Waals surface area contributed by atoms with Crippen molar-refractivity contribution in [3.63, 3.8) is 0 Å². The molecular weight excluding hydrogens is 270 g/mol. The molecule has 106 valence electrons. The Morgan fingerprint density at radius 2 is 1.85 bits per heavy atom. The average molecular weight is 289 g/mol. The summed E-state index contributed by atoms with van der Waals surface area (Å²) in [5.41, 5.74) is 3.61. The van der Waals surface area contributed by atoms with E-state index in [1.807, 2.05) is 24.5 Å². The minimum atomic E-state index is 0.236. The van der Waals surface area contributed by atoms with E-state index in [-0.39, 0.29) is 5.92 Å². The molecule has 0 radical (unpaired) electrons. The molecule has 1 aromatic carbocycles. The second-order valence-corrected chi connectivity index (χ2v) is 5.47. The third kappa shape index (κ3) is 3.40. The SMILES string of the molecule is CSc1ccccc1Nc1cc(NN)nc(C(C)C)n1. The standard InChI is InChI=1S/C14H19N5S/c1-9(2)14-17-12(8-13(18-14)19-15)16-10-6-4-5-7-11(10)20-3/h4-9H,15H2,1-3H3,(H2,16,17,18,19). The van der Waals surface area contributed by atoms with Gasteiger partial charge in [-0.25, -0.2) is 15.8 Å². The van der Waals surface area contributed by atoms with Crippen LogP contribution in [0.15, 0.2) is 35.2 Å². The minimum absolute atomic E-state index is 0.236. The molecule has 20 heavy (non-hydrogen) atoms. The number of nitrogens with two attached hydrogens (primary N) is 1. The van der Waals surface area contributed by atoms with Crippen LogP contribution >= 0.6 is 11.8 Å². The van der Waals surface area contributed by atoms with Crippen LogP contribution in [0.1, 0.15) is 25.6 Å². The Morgan fingerprint density at radius 1 is 1.15 bits per heavy atom. The third-order valence-electron chi connectivity index (χ3n) is 2.78. The van der Waals surface area contributed by atoms with Crippen LogP contribution in [0.25, 0.3) is 0 Å². The van der Waals surface area contributed by atoms with Crippen LogP contribution in [-0.4, -0.2) is 16.2 Å². The number of anilines is 3. The zero-order valence-corrected chi connectivity index (χ0v) is 12.7. The van der Waals surface area contributed by atoms with Crippen molar-refractivity contribution in [3.8, 4) is 0 Å². The number of rotatable bonds is 5. The summed E-state index contributed by atoms with van der Waals surface area (Å²) in [5.74, 6) is 7.79. The predicted molar refractivity (Wildman–Crippen MR) is 85.4 cm³/mol. The van der Waals surface area contributed by atoms with E-state index < -0.39 is 0 Å². The number of aromatic nitrogens is 2. The molecule has 0 saturated carbocycles. The molecule has 0 aliphatic heterocycles. The number of hydrogen-bond donors (Lipinski definition) is 3. The van der Waals surface area contributed by atoms with Gasteiger partial charge in [-0.1, -0.05) is 26.0 Å². The maximum absolute atomic E-state index is 5.47. The molecule has 0 aliphatic rings. The van der Waals surface area contributed by atoms with Crippen molar-refractivity contribution in [2.45, 2.75) is 24.7 Å². The molecule has 1 aromatic heterocycles. The molecule has 0 atom stereocenters. The Labute approximate surface area is 123 Å². The fourth-order valence-electron chi connectivity index (χ4n) is 1.75. The number of hydrazine groups is 1. The van der Waals surface area contributed by atoms with Gasteiger partial charge in [0.25, 0.3) is 0 Å². The van der Waals surface area contributed by atoms with E-state index in [0.29, 0.717) is 5.82 Å². The molecule has 5 nitrogen and oxygen atoms in total. The van der Waals surface area contributed by atoms with Crippen LogP contribution < -0.4 is 16.6 Å². The molecule has 0 spiro atoms. The zero-order valence-electron chi connectivity index (χ0n) is 11.8. The number of nitrogens with zero attached hydrogens (tertiary/aromatic N) is 2. The molecule has 0 aliphatic carbocycles. The Hall–Kier alpha value is -1.79. The number of benzene rings is 1. The van der Waals surface area contributed by atoms with Crippen molar-refractivity contribution in [3.05, 3.63) is 36.2 Å². The number of nitrogens with one attached hydrogen (secondary N) is 2. The molecule has 0 amide bonds.